The third kappa shape index (κ3) is 3.51. The number of nitrogens with one attached hydrogen (secondary N) is 1. The molecule has 15 heavy (non-hydrogen) atoms. The van der Waals surface area contributed by atoms with Crippen LogP contribution < -0.4 is 5.32 Å². The number of carbonyl (C=O) groups excluding carboxylic acids is 1. The number of carboxylic acid groups (broad SMARTS) is 1. The van der Waals surface area contributed by atoms with Gasteiger partial charge in [0.25, 0.3) is 0 Å². The second-order valence-electron chi connectivity index (χ2n) is 4.08. The van der Waals surface area contributed by atoms with E-state index in [1.807, 2.05) is 13.8 Å². The van der Waals surface area contributed by atoms with Gasteiger partial charge in [0, 0.05) is 25.0 Å². The Labute approximate surface area is 88.8 Å². The standard InChI is InChI=1S/C10H17NO4/c1-6(2)9(12)11-7-3-4-15-8(5-7)10(13)14/h6-8H,3-5H2,1-2H3,(H,11,12)(H,13,14). The van der Waals surface area contributed by atoms with E-state index in [0.29, 0.717) is 19.4 Å². The van der Waals surface area contributed by atoms with Gasteiger partial charge in [-0.25, -0.2) is 4.79 Å². The van der Waals surface area contributed by atoms with E-state index in [0.717, 1.165) is 0 Å². The van der Waals surface area contributed by atoms with Crippen LogP contribution in [0, 0.1) is 5.92 Å². The molecule has 2 atom stereocenters. The van der Waals surface area contributed by atoms with Crippen LogP contribution in [0.3, 0.4) is 0 Å². The van der Waals surface area contributed by atoms with Crippen molar-refractivity contribution in [2.24, 2.45) is 5.92 Å². The summed E-state index contributed by atoms with van der Waals surface area (Å²) in [5, 5.41) is 11.6. The summed E-state index contributed by atoms with van der Waals surface area (Å²) in [6, 6.07) is -0.0743. The largest absolute Gasteiger partial charge is 0.479 e. The fourth-order valence-corrected chi connectivity index (χ4v) is 1.47. The van der Waals surface area contributed by atoms with Crippen molar-refractivity contribution in [1.82, 2.24) is 5.32 Å². The molecule has 0 aromatic heterocycles. The molecule has 0 saturated carbocycles. The predicted octanol–water partition coefficient (Wildman–Crippen LogP) is 0.391. The smallest absolute Gasteiger partial charge is 0.332 e. The van der Waals surface area contributed by atoms with Crippen molar-refractivity contribution in [1.29, 1.82) is 0 Å². The summed E-state index contributed by atoms with van der Waals surface area (Å²) < 4.78 is 5.06. The van der Waals surface area contributed by atoms with Crippen molar-refractivity contribution in [3.8, 4) is 0 Å². The van der Waals surface area contributed by atoms with Gasteiger partial charge in [-0.1, -0.05) is 13.8 Å². The summed E-state index contributed by atoms with van der Waals surface area (Å²) in [6.45, 7) is 4.01. The summed E-state index contributed by atoms with van der Waals surface area (Å²) in [6.07, 6.45) is 0.256. The van der Waals surface area contributed by atoms with Crippen molar-refractivity contribution in [3.63, 3.8) is 0 Å². The first-order valence-electron chi connectivity index (χ1n) is 5.15. The summed E-state index contributed by atoms with van der Waals surface area (Å²) in [7, 11) is 0. The second kappa shape index (κ2) is 5.11. The van der Waals surface area contributed by atoms with Gasteiger partial charge in [0.15, 0.2) is 6.10 Å². The molecular weight excluding hydrogens is 198 g/mol. The average Bonchev–Trinajstić information content (AvgIpc) is 2.18. The van der Waals surface area contributed by atoms with E-state index >= 15 is 0 Å². The maximum atomic E-state index is 11.4. The quantitative estimate of drug-likeness (QED) is 0.714. The molecule has 0 radical (unpaired) electrons. The van der Waals surface area contributed by atoms with Crippen LogP contribution in [0.1, 0.15) is 26.7 Å². The zero-order chi connectivity index (χ0) is 11.4. The van der Waals surface area contributed by atoms with Crippen molar-refractivity contribution >= 4 is 11.9 Å². The number of hydrogen-bond donors (Lipinski definition) is 2. The first-order valence-corrected chi connectivity index (χ1v) is 5.15. The number of ether oxygens (including phenoxy) is 1. The summed E-state index contributed by atoms with van der Waals surface area (Å²) in [5.74, 6) is -1.07. The molecule has 0 aliphatic carbocycles. The van der Waals surface area contributed by atoms with Gasteiger partial charge >= 0.3 is 5.97 Å². The van der Waals surface area contributed by atoms with Gasteiger partial charge in [-0.05, 0) is 6.42 Å². The molecule has 5 heteroatoms. The highest BCUT2D eigenvalue weighted by molar-refractivity contribution is 5.78. The van der Waals surface area contributed by atoms with Crippen LogP contribution in [0.15, 0.2) is 0 Å². The van der Waals surface area contributed by atoms with E-state index in [4.69, 9.17) is 9.84 Å². The molecule has 0 bridgehead atoms. The van der Waals surface area contributed by atoms with Crippen LogP contribution in [-0.4, -0.2) is 35.7 Å². The molecule has 1 saturated heterocycles. The molecule has 5 nitrogen and oxygen atoms in total. The zero-order valence-corrected chi connectivity index (χ0v) is 9.03. The number of aliphatic carboxylic acids is 1. The highest BCUT2D eigenvalue weighted by atomic mass is 16.5. The van der Waals surface area contributed by atoms with Crippen LogP contribution >= 0.6 is 0 Å². The first-order chi connectivity index (χ1) is 7.00. The van der Waals surface area contributed by atoms with E-state index < -0.39 is 12.1 Å². The highest BCUT2D eigenvalue weighted by Gasteiger charge is 2.28. The molecule has 1 amide bonds. The topological polar surface area (TPSA) is 75.6 Å². The summed E-state index contributed by atoms with van der Waals surface area (Å²) in [4.78, 5) is 22.1. The van der Waals surface area contributed by atoms with Crippen molar-refractivity contribution in [2.75, 3.05) is 6.61 Å². The fraction of sp³-hybridized carbons (Fsp3) is 0.800. The first kappa shape index (κ1) is 12.0. The molecule has 1 aliphatic heterocycles. The molecule has 1 aliphatic rings. The van der Waals surface area contributed by atoms with Crippen LogP contribution in [0.25, 0.3) is 0 Å². The van der Waals surface area contributed by atoms with E-state index in [2.05, 4.69) is 5.32 Å². The minimum Gasteiger partial charge on any atom is -0.479 e. The molecule has 1 rings (SSSR count). The number of carbonyl (C=O) groups is 2. The monoisotopic (exact) mass is 215 g/mol. The molecule has 2 unspecified atom stereocenters. The SMILES string of the molecule is CC(C)C(=O)NC1CCOC(C(=O)O)C1. The normalized spacial score (nSPS) is 26.3. The summed E-state index contributed by atoms with van der Waals surface area (Å²) in [5.41, 5.74) is 0. The molecular formula is C10H17NO4. The Bertz CT molecular complexity index is 252. The molecule has 1 fully saturated rings. The molecule has 0 aromatic rings. The maximum Gasteiger partial charge on any atom is 0.332 e. The van der Waals surface area contributed by atoms with Crippen molar-refractivity contribution < 1.29 is 19.4 Å². The zero-order valence-electron chi connectivity index (χ0n) is 9.03. The molecule has 0 aromatic carbocycles. The molecule has 1 heterocycles. The van der Waals surface area contributed by atoms with E-state index in [9.17, 15) is 9.59 Å². The van der Waals surface area contributed by atoms with Gasteiger partial charge in [0.2, 0.25) is 5.91 Å². The molecule has 86 valence electrons. The Kier molecular flexibility index (Phi) is 4.08. The van der Waals surface area contributed by atoms with Gasteiger partial charge in [0.1, 0.15) is 0 Å². The lowest BCUT2D eigenvalue weighted by Gasteiger charge is -2.28. The molecule has 2 N–H and O–H groups in total. The number of amides is 1. The van der Waals surface area contributed by atoms with Crippen LogP contribution in [0.4, 0.5) is 0 Å². The van der Waals surface area contributed by atoms with Crippen molar-refractivity contribution in [2.45, 2.75) is 38.8 Å². The van der Waals surface area contributed by atoms with Gasteiger partial charge < -0.3 is 15.2 Å². The molecule has 0 spiro atoms. The lowest BCUT2D eigenvalue weighted by atomic mass is 10.0. The number of rotatable bonds is 3. The third-order valence-corrected chi connectivity index (χ3v) is 2.43. The van der Waals surface area contributed by atoms with E-state index in [1.165, 1.54) is 0 Å². The highest BCUT2D eigenvalue weighted by Crippen LogP contribution is 2.14. The minimum absolute atomic E-state index is 0.0361. The van der Waals surface area contributed by atoms with E-state index in [1.54, 1.807) is 0 Å². The minimum atomic E-state index is -0.960. The predicted molar refractivity (Wildman–Crippen MR) is 53.4 cm³/mol. The second-order valence-corrected chi connectivity index (χ2v) is 4.08. The van der Waals surface area contributed by atoms with Gasteiger partial charge in [-0.15, -0.1) is 0 Å². The van der Waals surface area contributed by atoms with Gasteiger partial charge in [-0.2, -0.15) is 0 Å². The Hall–Kier alpha value is -1.10. The average molecular weight is 215 g/mol. The van der Waals surface area contributed by atoms with Gasteiger partial charge in [-0.3, -0.25) is 4.79 Å². The van der Waals surface area contributed by atoms with Crippen LogP contribution in [0.2, 0.25) is 0 Å². The lowest BCUT2D eigenvalue weighted by molar-refractivity contribution is -0.154. The lowest BCUT2D eigenvalue weighted by Crippen LogP contribution is -2.45. The maximum absolute atomic E-state index is 11.4. The Morgan fingerprint density at radius 2 is 2.13 bits per heavy atom. The van der Waals surface area contributed by atoms with Crippen molar-refractivity contribution in [3.05, 3.63) is 0 Å². The van der Waals surface area contributed by atoms with Crippen LogP contribution in [0.5, 0.6) is 0 Å². The van der Waals surface area contributed by atoms with E-state index in [-0.39, 0.29) is 17.9 Å². The number of carboxylic acids is 1. The van der Waals surface area contributed by atoms with Crippen LogP contribution in [-0.2, 0) is 14.3 Å². The fourth-order valence-electron chi connectivity index (χ4n) is 1.47. The summed E-state index contributed by atoms with van der Waals surface area (Å²) >= 11 is 0. The third-order valence-electron chi connectivity index (χ3n) is 2.43. The Morgan fingerprint density at radius 3 is 2.67 bits per heavy atom. The number of hydrogen-bond acceptors (Lipinski definition) is 3. The Balaban J connectivity index is 2.43. The van der Waals surface area contributed by atoms with Gasteiger partial charge in [0.05, 0.1) is 0 Å². The Morgan fingerprint density at radius 1 is 1.47 bits per heavy atom.